The predicted octanol–water partition coefficient (Wildman–Crippen LogP) is 2.40. The maximum absolute atomic E-state index is 6.34. The van der Waals surface area contributed by atoms with Crippen LogP contribution in [0.1, 0.15) is 51.9 Å². The standard InChI is InChI=1S/C22H34O7/c1-2-21(24-10-15-7-19-20(8-15)29-19)12-26-22(27-13-21)4-3-16(11-25-22)23-9-14-5-17-18(6-14)28-17/h14-20H,2-13H2,1H3. The summed E-state index contributed by atoms with van der Waals surface area (Å²) in [6.07, 6.45) is 9.24. The second-order valence-electron chi connectivity index (χ2n) is 10.0. The second-order valence-corrected chi connectivity index (χ2v) is 10.0. The Morgan fingerprint density at radius 3 is 2.00 bits per heavy atom. The topological polar surface area (TPSA) is 71.2 Å². The summed E-state index contributed by atoms with van der Waals surface area (Å²) in [6.45, 7) is 5.31. The molecule has 0 aromatic carbocycles. The summed E-state index contributed by atoms with van der Waals surface area (Å²) in [6, 6.07) is 0. The zero-order valence-corrected chi connectivity index (χ0v) is 17.4. The van der Waals surface area contributed by atoms with Gasteiger partial charge in [-0.25, -0.2) is 0 Å². The lowest BCUT2D eigenvalue weighted by Crippen LogP contribution is -2.58. The number of hydrogen-bond acceptors (Lipinski definition) is 7. The fourth-order valence-electron chi connectivity index (χ4n) is 5.56. The van der Waals surface area contributed by atoms with Crippen molar-refractivity contribution in [3.8, 4) is 0 Å². The van der Waals surface area contributed by atoms with E-state index in [9.17, 15) is 0 Å². The molecule has 1 spiro atoms. The Bertz CT molecular complexity index is 574. The van der Waals surface area contributed by atoms with Crippen LogP contribution in [0.5, 0.6) is 0 Å². The lowest BCUT2D eigenvalue weighted by Gasteiger charge is -2.47. The van der Waals surface area contributed by atoms with Gasteiger partial charge in [0.15, 0.2) is 0 Å². The van der Waals surface area contributed by atoms with Crippen LogP contribution >= 0.6 is 0 Å². The molecule has 2 saturated carbocycles. The van der Waals surface area contributed by atoms with Crippen LogP contribution in [0.2, 0.25) is 0 Å². The summed E-state index contributed by atoms with van der Waals surface area (Å²) in [5.41, 5.74) is -0.360. The number of epoxide rings is 2. The van der Waals surface area contributed by atoms with Crippen molar-refractivity contribution in [3.63, 3.8) is 0 Å². The fourth-order valence-corrected chi connectivity index (χ4v) is 5.56. The largest absolute Gasteiger partial charge is 0.376 e. The molecule has 6 rings (SSSR count). The van der Waals surface area contributed by atoms with E-state index in [0.29, 0.717) is 62.5 Å². The highest BCUT2D eigenvalue weighted by molar-refractivity contribution is 4.97. The van der Waals surface area contributed by atoms with E-state index in [1.165, 1.54) is 0 Å². The third-order valence-electron chi connectivity index (χ3n) is 7.85. The van der Waals surface area contributed by atoms with Gasteiger partial charge in [0.05, 0.1) is 63.6 Å². The van der Waals surface area contributed by atoms with Gasteiger partial charge in [-0.15, -0.1) is 0 Å². The molecule has 0 aromatic rings. The van der Waals surface area contributed by atoms with Crippen molar-refractivity contribution >= 4 is 0 Å². The molecule has 4 aliphatic heterocycles. The molecule has 5 atom stereocenters. The van der Waals surface area contributed by atoms with E-state index in [2.05, 4.69) is 6.92 Å². The molecule has 4 saturated heterocycles. The first-order valence-corrected chi connectivity index (χ1v) is 11.6. The lowest BCUT2D eigenvalue weighted by molar-refractivity contribution is -0.443. The molecule has 6 aliphatic rings. The molecular weight excluding hydrogens is 376 g/mol. The quantitative estimate of drug-likeness (QED) is 0.597. The molecular formula is C22H34O7. The molecule has 0 amide bonds. The molecule has 2 aliphatic carbocycles. The summed E-state index contributed by atoms with van der Waals surface area (Å²) < 4.78 is 41.8. The molecule has 5 unspecified atom stereocenters. The molecule has 29 heavy (non-hydrogen) atoms. The number of rotatable bonds is 7. The molecule has 164 valence electrons. The van der Waals surface area contributed by atoms with Crippen LogP contribution in [-0.4, -0.2) is 75.1 Å². The third-order valence-corrected chi connectivity index (χ3v) is 7.85. The van der Waals surface area contributed by atoms with Gasteiger partial charge in [0.1, 0.15) is 5.60 Å². The summed E-state index contributed by atoms with van der Waals surface area (Å²) in [7, 11) is 0. The van der Waals surface area contributed by atoms with Crippen molar-refractivity contribution in [2.24, 2.45) is 11.8 Å². The lowest BCUT2D eigenvalue weighted by atomic mass is 10.00. The van der Waals surface area contributed by atoms with Crippen molar-refractivity contribution in [2.45, 2.75) is 94.0 Å². The van der Waals surface area contributed by atoms with Gasteiger partial charge in [0, 0.05) is 6.42 Å². The predicted molar refractivity (Wildman–Crippen MR) is 101 cm³/mol. The van der Waals surface area contributed by atoms with Crippen LogP contribution in [0, 0.1) is 11.8 Å². The first-order chi connectivity index (χ1) is 14.1. The van der Waals surface area contributed by atoms with E-state index in [1.807, 2.05) is 0 Å². The highest BCUT2D eigenvalue weighted by Gasteiger charge is 2.51. The van der Waals surface area contributed by atoms with E-state index in [4.69, 9.17) is 33.2 Å². The van der Waals surface area contributed by atoms with Gasteiger partial charge >= 0.3 is 0 Å². The van der Waals surface area contributed by atoms with Gasteiger partial charge in [0.2, 0.25) is 0 Å². The first kappa shape index (κ1) is 19.4. The summed E-state index contributed by atoms with van der Waals surface area (Å²) in [4.78, 5) is 0. The van der Waals surface area contributed by atoms with Gasteiger partial charge in [-0.1, -0.05) is 6.92 Å². The minimum absolute atomic E-state index is 0.135. The fraction of sp³-hybridized carbons (Fsp3) is 1.00. The van der Waals surface area contributed by atoms with E-state index < -0.39 is 5.97 Å². The molecule has 6 fully saturated rings. The van der Waals surface area contributed by atoms with Crippen molar-refractivity contribution in [3.05, 3.63) is 0 Å². The van der Waals surface area contributed by atoms with E-state index in [-0.39, 0.29) is 11.7 Å². The smallest absolute Gasteiger partial charge is 0.283 e. The van der Waals surface area contributed by atoms with Gasteiger partial charge < -0.3 is 33.2 Å². The number of ether oxygens (including phenoxy) is 7. The Morgan fingerprint density at radius 2 is 1.45 bits per heavy atom. The van der Waals surface area contributed by atoms with Crippen LogP contribution in [0.15, 0.2) is 0 Å². The summed E-state index contributed by atoms with van der Waals surface area (Å²) >= 11 is 0. The normalized spacial score (nSPS) is 53.1. The Labute approximate surface area is 172 Å². The average Bonchev–Trinajstić information content (AvgIpc) is 3.60. The van der Waals surface area contributed by atoms with Crippen LogP contribution < -0.4 is 0 Å². The Kier molecular flexibility index (Phi) is 4.95. The summed E-state index contributed by atoms with van der Waals surface area (Å²) in [5.74, 6) is 0.351. The number of fused-ring (bicyclic) bond motifs is 2. The first-order valence-electron chi connectivity index (χ1n) is 11.6. The monoisotopic (exact) mass is 410 g/mol. The Balaban J connectivity index is 0.937. The minimum atomic E-state index is -0.909. The maximum atomic E-state index is 6.34. The molecule has 0 radical (unpaired) electrons. The van der Waals surface area contributed by atoms with Crippen LogP contribution in [0.3, 0.4) is 0 Å². The van der Waals surface area contributed by atoms with Crippen molar-refractivity contribution in [1.29, 1.82) is 0 Å². The second kappa shape index (κ2) is 7.40. The Morgan fingerprint density at radius 1 is 0.828 bits per heavy atom. The van der Waals surface area contributed by atoms with Gasteiger partial charge in [-0.2, -0.15) is 0 Å². The van der Waals surface area contributed by atoms with E-state index in [1.54, 1.807) is 0 Å². The van der Waals surface area contributed by atoms with Crippen molar-refractivity contribution < 1.29 is 33.2 Å². The number of hydrogen-bond donors (Lipinski definition) is 0. The molecule has 7 heteroatoms. The SMILES string of the molecule is CCC1(OCC2CC3OC3C2)COC2(CCC(OCC3CC4OC4C3)CO2)OC1. The van der Waals surface area contributed by atoms with Crippen LogP contribution in [0.4, 0.5) is 0 Å². The highest BCUT2D eigenvalue weighted by atomic mass is 16.9. The summed E-state index contributed by atoms with van der Waals surface area (Å²) in [5, 5.41) is 0. The zero-order valence-electron chi connectivity index (χ0n) is 17.4. The average molecular weight is 411 g/mol. The van der Waals surface area contributed by atoms with Crippen LogP contribution in [0.25, 0.3) is 0 Å². The van der Waals surface area contributed by atoms with Crippen molar-refractivity contribution in [2.75, 3.05) is 33.0 Å². The van der Waals surface area contributed by atoms with Crippen molar-refractivity contribution in [1.82, 2.24) is 0 Å². The molecule has 0 bridgehead atoms. The van der Waals surface area contributed by atoms with E-state index in [0.717, 1.165) is 51.7 Å². The molecule has 7 nitrogen and oxygen atoms in total. The third kappa shape index (κ3) is 4.00. The molecule has 0 N–H and O–H groups in total. The zero-order chi connectivity index (χ0) is 19.5. The van der Waals surface area contributed by atoms with Gasteiger partial charge in [0.25, 0.3) is 5.97 Å². The van der Waals surface area contributed by atoms with Gasteiger partial charge in [-0.3, -0.25) is 0 Å². The highest BCUT2D eigenvalue weighted by Crippen LogP contribution is 2.44. The van der Waals surface area contributed by atoms with E-state index >= 15 is 0 Å². The Hall–Kier alpha value is -0.280. The van der Waals surface area contributed by atoms with Crippen LogP contribution in [-0.2, 0) is 33.2 Å². The minimum Gasteiger partial charge on any atom is -0.376 e. The molecule has 4 heterocycles. The maximum Gasteiger partial charge on any atom is 0.283 e. The molecule has 0 aromatic heterocycles. The van der Waals surface area contributed by atoms with Gasteiger partial charge in [-0.05, 0) is 50.4 Å².